The van der Waals surface area contributed by atoms with Crippen LogP contribution in [0.15, 0.2) is 67.0 Å². The van der Waals surface area contributed by atoms with Gasteiger partial charge in [-0.05, 0) is 23.6 Å². The molecule has 0 aliphatic heterocycles. The number of non-ortho nitro benzene ring substituents is 1. The van der Waals surface area contributed by atoms with Crippen molar-refractivity contribution < 1.29 is 9.49 Å². The van der Waals surface area contributed by atoms with E-state index in [4.69, 9.17) is 0 Å². The van der Waals surface area contributed by atoms with Gasteiger partial charge in [0.25, 0.3) is 5.69 Å². The molecule has 0 spiro atoms. The lowest BCUT2D eigenvalue weighted by Gasteiger charge is -2.00. The minimum Gasteiger partial charge on any atom is -0.258 e. The van der Waals surface area contributed by atoms with E-state index in [1.807, 2.05) is 18.3 Å². The van der Waals surface area contributed by atoms with Crippen LogP contribution >= 0.6 is 0 Å². The molecule has 0 saturated heterocycles. The second-order valence-electron chi connectivity index (χ2n) is 4.67. The molecule has 1 aromatic heterocycles. The predicted octanol–water partition coefficient (Wildman–Crippen LogP) is 3.08. The average Bonchev–Trinajstić information content (AvgIpc) is 2.48. The van der Waals surface area contributed by atoms with Crippen molar-refractivity contribution in [3.8, 4) is 0 Å². The average molecular weight is 265 g/mol. The number of fused-ring (bicyclic) bond motifs is 1. The Morgan fingerprint density at radius 2 is 1.65 bits per heavy atom. The maximum atomic E-state index is 10.6. The maximum Gasteiger partial charge on any atom is 0.269 e. The molecule has 0 aliphatic carbocycles. The molecular weight excluding hydrogens is 252 g/mol. The van der Waals surface area contributed by atoms with Crippen LogP contribution in [0.3, 0.4) is 0 Å². The fourth-order valence-electron chi connectivity index (χ4n) is 2.21. The molecule has 4 nitrogen and oxygen atoms in total. The molecule has 0 unspecified atom stereocenters. The second kappa shape index (κ2) is 5.09. The lowest BCUT2D eigenvalue weighted by Crippen LogP contribution is -2.33. The van der Waals surface area contributed by atoms with E-state index in [0.29, 0.717) is 6.54 Å². The molecule has 98 valence electrons. The third kappa shape index (κ3) is 2.49. The van der Waals surface area contributed by atoms with E-state index in [1.54, 1.807) is 12.1 Å². The van der Waals surface area contributed by atoms with E-state index in [2.05, 4.69) is 29.0 Å². The van der Waals surface area contributed by atoms with Crippen molar-refractivity contribution in [1.29, 1.82) is 0 Å². The third-order valence-electron chi connectivity index (χ3n) is 3.26. The number of aromatic nitrogens is 1. The molecule has 0 N–H and O–H groups in total. The molecule has 0 fully saturated rings. The van der Waals surface area contributed by atoms with Crippen LogP contribution in [0.25, 0.3) is 10.8 Å². The zero-order chi connectivity index (χ0) is 13.9. The van der Waals surface area contributed by atoms with Gasteiger partial charge in [-0.15, -0.1) is 0 Å². The number of benzene rings is 2. The molecule has 20 heavy (non-hydrogen) atoms. The van der Waals surface area contributed by atoms with Gasteiger partial charge in [-0.25, -0.2) is 4.57 Å². The number of nitrogens with zero attached hydrogens (tertiary/aromatic N) is 2. The number of nitro benzene ring substituents is 1. The fourth-order valence-corrected chi connectivity index (χ4v) is 2.21. The van der Waals surface area contributed by atoms with E-state index in [-0.39, 0.29) is 10.6 Å². The molecule has 2 aromatic carbocycles. The first-order chi connectivity index (χ1) is 9.72. The SMILES string of the molecule is O=[N+]([O-])c1ccc(C[n+]2ccc3ccccc3c2)cc1. The largest absolute Gasteiger partial charge is 0.269 e. The molecule has 0 saturated carbocycles. The van der Waals surface area contributed by atoms with Gasteiger partial charge < -0.3 is 0 Å². The Kier molecular flexibility index (Phi) is 3.13. The van der Waals surface area contributed by atoms with Crippen LogP contribution in [0, 0.1) is 10.1 Å². The highest BCUT2D eigenvalue weighted by Crippen LogP contribution is 2.13. The fraction of sp³-hybridized carbons (Fsp3) is 0.0625. The number of rotatable bonds is 3. The summed E-state index contributed by atoms with van der Waals surface area (Å²) in [5.41, 5.74) is 1.16. The van der Waals surface area contributed by atoms with Crippen molar-refractivity contribution in [3.05, 3.63) is 82.7 Å². The van der Waals surface area contributed by atoms with Gasteiger partial charge in [-0.3, -0.25) is 10.1 Å². The monoisotopic (exact) mass is 265 g/mol. The van der Waals surface area contributed by atoms with Gasteiger partial charge in [-0.1, -0.05) is 18.2 Å². The summed E-state index contributed by atoms with van der Waals surface area (Å²) in [6.45, 7) is 0.697. The summed E-state index contributed by atoms with van der Waals surface area (Å²) < 4.78 is 2.07. The lowest BCUT2D eigenvalue weighted by molar-refractivity contribution is -0.687. The Balaban J connectivity index is 1.87. The lowest BCUT2D eigenvalue weighted by atomic mass is 10.1. The zero-order valence-electron chi connectivity index (χ0n) is 10.8. The summed E-state index contributed by atoms with van der Waals surface area (Å²) >= 11 is 0. The first-order valence-electron chi connectivity index (χ1n) is 6.33. The minimum absolute atomic E-state index is 0.122. The van der Waals surface area contributed by atoms with Crippen LogP contribution < -0.4 is 4.57 Å². The van der Waals surface area contributed by atoms with E-state index in [9.17, 15) is 10.1 Å². The first-order valence-corrected chi connectivity index (χ1v) is 6.33. The van der Waals surface area contributed by atoms with Crippen molar-refractivity contribution in [2.24, 2.45) is 0 Å². The smallest absolute Gasteiger partial charge is 0.258 e. The molecule has 3 aromatic rings. The Labute approximate surface area is 116 Å². The van der Waals surface area contributed by atoms with Crippen LogP contribution in [-0.4, -0.2) is 4.92 Å². The van der Waals surface area contributed by atoms with E-state index in [1.165, 1.54) is 22.9 Å². The van der Waals surface area contributed by atoms with Gasteiger partial charge in [0.15, 0.2) is 18.9 Å². The Hall–Kier alpha value is -2.75. The summed E-state index contributed by atoms with van der Waals surface area (Å²) in [5, 5.41) is 13.0. The zero-order valence-corrected chi connectivity index (χ0v) is 10.8. The summed E-state index contributed by atoms with van der Waals surface area (Å²) in [4.78, 5) is 10.2. The van der Waals surface area contributed by atoms with Crippen molar-refractivity contribution in [2.75, 3.05) is 0 Å². The number of pyridine rings is 1. The summed E-state index contributed by atoms with van der Waals surface area (Å²) in [6.07, 6.45) is 4.10. The van der Waals surface area contributed by atoms with E-state index >= 15 is 0 Å². The normalized spacial score (nSPS) is 10.6. The van der Waals surface area contributed by atoms with E-state index in [0.717, 1.165) is 5.56 Å². The topological polar surface area (TPSA) is 47.0 Å². The van der Waals surface area contributed by atoms with Gasteiger partial charge in [0.05, 0.1) is 4.92 Å². The van der Waals surface area contributed by atoms with Gasteiger partial charge in [0, 0.05) is 29.1 Å². The molecule has 0 bridgehead atoms. The van der Waals surface area contributed by atoms with Crippen LogP contribution in [0.4, 0.5) is 5.69 Å². The van der Waals surface area contributed by atoms with Crippen LogP contribution in [0.2, 0.25) is 0 Å². The Morgan fingerprint density at radius 1 is 0.950 bits per heavy atom. The predicted molar refractivity (Wildman–Crippen MR) is 76.3 cm³/mol. The molecule has 1 heterocycles. The molecule has 0 aliphatic rings. The second-order valence-corrected chi connectivity index (χ2v) is 4.67. The maximum absolute atomic E-state index is 10.6. The molecule has 0 radical (unpaired) electrons. The summed E-state index contributed by atoms with van der Waals surface area (Å²) in [7, 11) is 0. The van der Waals surface area contributed by atoms with Gasteiger partial charge >= 0.3 is 0 Å². The quantitative estimate of drug-likeness (QED) is 0.415. The number of hydrogen-bond acceptors (Lipinski definition) is 2. The first kappa shape index (κ1) is 12.3. The Bertz CT molecular complexity index is 767. The van der Waals surface area contributed by atoms with Crippen LogP contribution in [0.1, 0.15) is 5.56 Å². The number of nitro groups is 1. The van der Waals surface area contributed by atoms with Gasteiger partial charge in [-0.2, -0.15) is 0 Å². The highest BCUT2D eigenvalue weighted by Gasteiger charge is 2.07. The minimum atomic E-state index is -0.382. The summed E-state index contributed by atoms with van der Waals surface area (Å²) in [6, 6.07) is 16.9. The van der Waals surface area contributed by atoms with Crippen LogP contribution in [-0.2, 0) is 6.54 Å². The Morgan fingerprint density at radius 3 is 2.35 bits per heavy atom. The highest BCUT2D eigenvalue weighted by atomic mass is 16.6. The van der Waals surface area contributed by atoms with Gasteiger partial charge in [0.1, 0.15) is 0 Å². The van der Waals surface area contributed by atoms with Crippen molar-refractivity contribution in [3.63, 3.8) is 0 Å². The number of hydrogen-bond donors (Lipinski definition) is 0. The third-order valence-corrected chi connectivity index (χ3v) is 3.26. The molecule has 4 heteroatoms. The molecular formula is C16H13N2O2+. The van der Waals surface area contributed by atoms with E-state index < -0.39 is 0 Å². The molecule has 3 rings (SSSR count). The highest BCUT2D eigenvalue weighted by molar-refractivity contribution is 5.80. The molecule has 0 amide bonds. The van der Waals surface area contributed by atoms with Crippen molar-refractivity contribution >= 4 is 16.5 Å². The van der Waals surface area contributed by atoms with Crippen LogP contribution in [0.5, 0.6) is 0 Å². The standard InChI is InChI=1S/C16H13N2O2/c19-18(20)16-7-5-13(6-8-16)11-17-10-9-14-3-1-2-4-15(14)12-17/h1-10,12H,11H2/q+1. The van der Waals surface area contributed by atoms with Crippen molar-refractivity contribution in [1.82, 2.24) is 0 Å². The molecule has 0 atom stereocenters. The summed E-state index contributed by atoms with van der Waals surface area (Å²) in [5.74, 6) is 0. The van der Waals surface area contributed by atoms with Gasteiger partial charge in [0.2, 0.25) is 0 Å². The van der Waals surface area contributed by atoms with Crippen molar-refractivity contribution in [2.45, 2.75) is 6.54 Å².